The lowest BCUT2D eigenvalue weighted by Gasteiger charge is -2.18. The number of esters is 3. The summed E-state index contributed by atoms with van der Waals surface area (Å²) in [6, 6.07) is 0. The van der Waals surface area contributed by atoms with Crippen LogP contribution in [0.4, 0.5) is 0 Å². The first kappa shape index (κ1) is 69.6. The van der Waals surface area contributed by atoms with Crippen molar-refractivity contribution in [3.8, 4) is 0 Å². The lowest BCUT2D eigenvalue weighted by atomic mass is 10.1. The number of unbranched alkanes of at least 4 members (excludes halogenated alkanes) is 31. The largest absolute Gasteiger partial charge is 0.462 e. The molecule has 1 atom stereocenters. The van der Waals surface area contributed by atoms with Crippen molar-refractivity contribution in [3.63, 3.8) is 0 Å². The summed E-state index contributed by atoms with van der Waals surface area (Å²) >= 11 is 0. The molecule has 0 radical (unpaired) electrons. The van der Waals surface area contributed by atoms with E-state index in [4.69, 9.17) is 14.2 Å². The van der Waals surface area contributed by atoms with E-state index in [1.807, 2.05) is 0 Å². The van der Waals surface area contributed by atoms with E-state index in [9.17, 15) is 14.4 Å². The molecule has 0 rings (SSSR count). The highest BCUT2D eigenvalue weighted by Crippen LogP contribution is 2.16. The average Bonchev–Trinajstić information content (AvgIpc) is 3.39. The van der Waals surface area contributed by atoms with Gasteiger partial charge in [0.15, 0.2) is 6.10 Å². The van der Waals surface area contributed by atoms with Crippen molar-refractivity contribution in [2.24, 2.45) is 0 Å². The summed E-state index contributed by atoms with van der Waals surface area (Å²) in [7, 11) is 0. The monoisotopic (exact) mass is 1020 g/mol. The Balaban J connectivity index is 4.39. The van der Waals surface area contributed by atoms with Gasteiger partial charge in [0.25, 0.3) is 0 Å². The van der Waals surface area contributed by atoms with Crippen molar-refractivity contribution in [3.05, 3.63) is 85.1 Å². The van der Waals surface area contributed by atoms with Crippen LogP contribution < -0.4 is 0 Å². The SMILES string of the molecule is CC/C=C\C/C=C\C/C=C\C/C=C\CCCCCCCCCCC(=O)OCC(COC(=O)CCCCCCC/C=C\CCCCCCCC)OC(=O)CCCCCCCCCCC/C=C\C/C=C\CCCCC. The smallest absolute Gasteiger partial charge is 0.306 e. The highest BCUT2D eigenvalue weighted by Gasteiger charge is 2.19. The van der Waals surface area contributed by atoms with Crippen LogP contribution in [-0.2, 0) is 28.6 Å². The number of allylic oxidation sites excluding steroid dienone is 14. The molecule has 0 aliphatic carbocycles. The zero-order valence-corrected chi connectivity index (χ0v) is 48.1. The molecule has 6 nitrogen and oxygen atoms in total. The van der Waals surface area contributed by atoms with Gasteiger partial charge in [-0.05, 0) is 116 Å². The van der Waals surface area contributed by atoms with Gasteiger partial charge in [0, 0.05) is 19.3 Å². The zero-order chi connectivity index (χ0) is 52.9. The van der Waals surface area contributed by atoms with Gasteiger partial charge in [-0.3, -0.25) is 14.4 Å². The Hall–Kier alpha value is -3.41. The highest BCUT2D eigenvalue weighted by atomic mass is 16.6. The number of hydrogen-bond donors (Lipinski definition) is 0. The first-order chi connectivity index (χ1) is 36.0. The van der Waals surface area contributed by atoms with Gasteiger partial charge in [0.1, 0.15) is 13.2 Å². The van der Waals surface area contributed by atoms with Gasteiger partial charge < -0.3 is 14.2 Å². The molecule has 0 fully saturated rings. The first-order valence-corrected chi connectivity index (χ1v) is 31.1. The molecule has 1 unspecified atom stereocenters. The van der Waals surface area contributed by atoms with E-state index in [1.165, 1.54) is 161 Å². The maximum absolute atomic E-state index is 12.9. The minimum Gasteiger partial charge on any atom is -0.462 e. The van der Waals surface area contributed by atoms with Crippen LogP contribution in [0.5, 0.6) is 0 Å². The van der Waals surface area contributed by atoms with E-state index in [1.54, 1.807) is 0 Å². The average molecular weight is 1020 g/mol. The summed E-state index contributed by atoms with van der Waals surface area (Å²) in [5, 5.41) is 0. The number of hydrogen-bond acceptors (Lipinski definition) is 6. The molecule has 6 heteroatoms. The molecule has 420 valence electrons. The second-order valence-corrected chi connectivity index (χ2v) is 20.6. The molecular weight excluding hydrogens is 901 g/mol. The van der Waals surface area contributed by atoms with Crippen LogP contribution in [0.25, 0.3) is 0 Å². The molecule has 73 heavy (non-hydrogen) atoms. The van der Waals surface area contributed by atoms with Crippen LogP contribution in [0.2, 0.25) is 0 Å². The van der Waals surface area contributed by atoms with E-state index >= 15 is 0 Å². The van der Waals surface area contributed by atoms with Gasteiger partial charge in [-0.1, -0.05) is 254 Å². The number of carbonyl (C=O) groups is 3. The maximum Gasteiger partial charge on any atom is 0.306 e. The second kappa shape index (κ2) is 61.1. The molecule has 0 spiro atoms. The molecule has 0 saturated heterocycles. The molecule has 0 aliphatic rings. The van der Waals surface area contributed by atoms with Crippen molar-refractivity contribution >= 4 is 17.9 Å². The van der Waals surface area contributed by atoms with Crippen LogP contribution >= 0.6 is 0 Å². The quantitative estimate of drug-likeness (QED) is 0.0261. The summed E-state index contributed by atoms with van der Waals surface area (Å²) in [5.41, 5.74) is 0. The lowest BCUT2D eigenvalue weighted by Crippen LogP contribution is -2.30. The fourth-order valence-electron chi connectivity index (χ4n) is 8.69. The highest BCUT2D eigenvalue weighted by molar-refractivity contribution is 5.71. The molecule has 0 amide bonds. The fraction of sp³-hybridized carbons (Fsp3) is 0.746. The Labute approximate surface area is 452 Å². The molecule has 0 aromatic carbocycles. The van der Waals surface area contributed by atoms with Crippen molar-refractivity contribution in [1.82, 2.24) is 0 Å². The molecule has 0 aromatic heterocycles. The van der Waals surface area contributed by atoms with Crippen molar-refractivity contribution in [1.29, 1.82) is 0 Å². The van der Waals surface area contributed by atoms with Gasteiger partial charge in [-0.25, -0.2) is 0 Å². The molecular formula is C67H116O6. The third-order valence-electron chi connectivity index (χ3n) is 13.4. The van der Waals surface area contributed by atoms with Gasteiger partial charge >= 0.3 is 17.9 Å². The van der Waals surface area contributed by atoms with E-state index in [-0.39, 0.29) is 31.1 Å². The number of rotatable bonds is 56. The summed E-state index contributed by atoms with van der Waals surface area (Å²) in [4.78, 5) is 38.3. The molecule has 0 bridgehead atoms. The third kappa shape index (κ3) is 59.3. The second-order valence-electron chi connectivity index (χ2n) is 20.6. The summed E-state index contributed by atoms with van der Waals surface area (Å²) in [6.45, 7) is 6.51. The number of ether oxygens (including phenoxy) is 3. The first-order valence-electron chi connectivity index (χ1n) is 31.1. The van der Waals surface area contributed by atoms with Crippen LogP contribution in [-0.4, -0.2) is 37.2 Å². The summed E-state index contributed by atoms with van der Waals surface area (Å²) in [5.74, 6) is -0.893. The third-order valence-corrected chi connectivity index (χ3v) is 13.4. The molecule has 0 N–H and O–H groups in total. The minimum atomic E-state index is -0.787. The molecule has 0 aliphatic heterocycles. The summed E-state index contributed by atoms with van der Waals surface area (Å²) in [6.07, 6.45) is 80.0. The van der Waals surface area contributed by atoms with Gasteiger partial charge in [-0.15, -0.1) is 0 Å². The van der Waals surface area contributed by atoms with Gasteiger partial charge in [0.05, 0.1) is 0 Å². The van der Waals surface area contributed by atoms with Gasteiger partial charge in [-0.2, -0.15) is 0 Å². The molecule has 0 heterocycles. The Morgan fingerprint density at radius 1 is 0.288 bits per heavy atom. The van der Waals surface area contributed by atoms with Crippen LogP contribution in [0.1, 0.15) is 303 Å². The van der Waals surface area contributed by atoms with Crippen molar-refractivity contribution in [2.75, 3.05) is 13.2 Å². The van der Waals surface area contributed by atoms with E-state index in [0.717, 1.165) is 103 Å². The Morgan fingerprint density at radius 2 is 0.534 bits per heavy atom. The van der Waals surface area contributed by atoms with Crippen LogP contribution in [0.3, 0.4) is 0 Å². The Kier molecular flexibility index (Phi) is 58.3. The van der Waals surface area contributed by atoms with E-state index in [2.05, 4.69) is 106 Å². The topological polar surface area (TPSA) is 78.9 Å². The predicted molar refractivity (Wildman–Crippen MR) is 316 cm³/mol. The summed E-state index contributed by atoms with van der Waals surface area (Å²) < 4.78 is 16.9. The zero-order valence-electron chi connectivity index (χ0n) is 48.1. The van der Waals surface area contributed by atoms with Crippen molar-refractivity contribution in [2.45, 2.75) is 309 Å². The minimum absolute atomic E-state index is 0.0841. The van der Waals surface area contributed by atoms with Gasteiger partial charge in [0.2, 0.25) is 0 Å². The normalized spacial score (nSPS) is 12.6. The predicted octanol–water partition coefficient (Wildman–Crippen LogP) is 21.1. The van der Waals surface area contributed by atoms with E-state index in [0.29, 0.717) is 19.3 Å². The van der Waals surface area contributed by atoms with E-state index < -0.39 is 6.10 Å². The molecule has 0 saturated carbocycles. The standard InChI is InChI=1S/C67H116O6/c1-4-7-10-13-16-19-22-25-28-30-32-33-35-36-39-42-45-48-51-54-57-60-66(69)72-63-64(62-71-65(68)59-56-53-50-47-44-41-38-27-24-21-18-15-12-9-6-3)73-67(70)61-58-55-52-49-46-43-40-37-34-31-29-26-23-20-17-14-11-8-5-2/h7,10,16-17,19-20,25-29,32-33,38,64H,4-6,8-9,11-15,18,21-24,30-31,34-37,39-63H2,1-3H3/b10-7-,19-16-,20-17-,28-25-,29-26-,33-32-,38-27-. The van der Waals surface area contributed by atoms with Crippen LogP contribution in [0, 0.1) is 0 Å². The maximum atomic E-state index is 12.9. The van der Waals surface area contributed by atoms with Crippen LogP contribution in [0.15, 0.2) is 85.1 Å². The Bertz CT molecular complexity index is 1400. The Morgan fingerprint density at radius 3 is 0.877 bits per heavy atom. The van der Waals surface area contributed by atoms with Crippen molar-refractivity contribution < 1.29 is 28.6 Å². The number of carbonyl (C=O) groups excluding carboxylic acids is 3. The molecule has 0 aromatic rings. The lowest BCUT2D eigenvalue weighted by molar-refractivity contribution is -0.167. The fourth-order valence-corrected chi connectivity index (χ4v) is 8.69.